The molecule has 0 bridgehead atoms. The maximum absolute atomic E-state index is 6.16. The molecule has 2 N–H and O–H groups in total. The normalized spacial score (nSPS) is 17.3. The molecule has 1 saturated carbocycles. The van der Waals surface area contributed by atoms with E-state index in [0.29, 0.717) is 0 Å². The predicted molar refractivity (Wildman–Crippen MR) is 62.3 cm³/mol. The molecule has 1 fully saturated rings. The van der Waals surface area contributed by atoms with E-state index in [1.807, 2.05) is 12.1 Å². The van der Waals surface area contributed by atoms with Crippen LogP contribution in [0.25, 0.3) is 0 Å². The highest BCUT2D eigenvalue weighted by atomic mass is 79.9. The molecular formula is C11H14BrNO2. The smallest absolute Gasteiger partial charge is 0.136 e. The number of methoxy groups -OCH3 is 2. The van der Waals surface area contributed by atoms with Crippen LogP contribution in [-0.2, 0) is 5.54 Å². The van der Waals surface area contributed by atoms with Gasteiger partial charge < -0.3 is 15.2 Å². The van der Waals surface area contributed by atoms with Crippen LogP contribution in [-0.4, -0.2) is 14.2 Å². The van der Waals surface area contributed by atoms with E-state index in [0.717, 1.165) is 34.4 Å². The van der Waals surface area contributed by atoms with Gasteiger partial charge in [0.15, 0.2) is 0 Å². The zero-order valence-electron chi connectivity index (χ0n) is 8.84. The van der Waals surface area contributed by atoms with Gasteiger partial charge in [0, 0.05) is 17.2 Å². The molecule has 1 aliphatic carbocycles. The lowest BCUT2D eigenvalue weighted by Gasteiger charge is -2.16. The number of hydrogen-bond acceptors (Lipinski definition) is 3. The topological polar surface area (TPSA) is 44.5 Å². The molecule has 15 heavy (non-hydrogen) atoms. The summed E-state index contributed by atoms with van der Waals surface area (Å²) in [5.74, 6) is 1.56. The Balaban J connectivity index is 2.50. The third-order valence-corrected chi connectivity index (χ3v) is 3.42. The van der Waals surface area contributed by atoms with Gasteiger partial charge in [-0.25, -0.2) is 0 Å². The Kier molecular flexibility index (Phi) is 2.64. The molecule has 0 heterocycles. The third kappa shape index (κ3) is 1.84. The summed E-state index contributed by atoms with van der Waals surface area (Å²) in [5, 5.41) is 0. The van der Waals surface area contributed by atoms with Gasteiger partial charge in [0.05, 0.1) is 18.7 Å². The molecule has 0 radical (unpaired) electrons. The lowest BCUT2D eigenvalue weighted by molar-refractivity contribution is 0.386. The Hall–Kier alpha value is -0.740. The second-order valence-electron chi connectivity index (χ2n) is 3.84. The van der Waals surface area contributed by atoms with Crippen LogP contribution in [0.15, 0.2) is 16.6 Å². The summed E-state index contributed by atoms with van der Waals surface area (Å²) in [6.07, 6.45) is 2.03. The first-order chi connectivity index (χ1) is 7.10. The molecule has 0 aliphatic heterocycles. The predicted octanol–water partition coefficient (Wildman–Crippen LogP) is 2.41. The molecule has 1 aromatic carbocycles. The van der Waals surface area contributed by atoms with Gasteiger partial charge in [-0.05, 0) is 34.8 Å². The van der Waals surface area contributed by atoms with E-state index in [9.17, 15) is 0 Å². The average Bonchev–Trinajstić information content (AvgIpc) is 2.97. The molecule has 0 aromatic heterocycles. The van der Waals surface area contributed by atoms with Gasteiger partial charge in [-0.2, -0.15) is 0 Å². The van der Waals surface area contributed by atoms with Crippen LogP contribution in [0.4, 0.5) is 0 Å². The number of ether oxygens (including phenoxy) is 2. The fourth-order valence-corrected chi connectivity index (χ4v) is 2.16. The van der Waals surface area contributed by atoms with Crippen molar-refractivity contribution in [3.05, 3.63) is 22.2 Å². The lowest BCUT2D eigenvalue weighted by atomic mass is 10.0. The van der Waals surface area contributed by atoms with Crippen LogP contribution in [0.5, 0.6) is 11.5 Å². The second kappa shape index (κ2) is 3.68. The molecule has 1 aromatic rings. The zero-order valence-corrected chi connectivity index (χ0v) is 10.4. The van der Waals surface area contributed by atoms with Gasteiger partial charge in [0.25, 0.3) is 0 Å². The summed E-state index contributed by atoms with van der Waals surface area (Å²) in [7, 11) is 3.28. The van der Waals surface area contributed by atoms with Gasteiger partial charge in [0.1, 0.15) is 11.5 Å². The molecule has 3 nitrogen and oxygen atoms in total. The zero-order chi connectivity index (χ0) is 11.1. The van der Waals surface area contributed by atoms with Gasteiger partial charge in [-0.1, -0.05) is 0 Å². The largest absolute Gasteiger partial charge is 0.496 e. The van der Waals surface area contributed by atoms with Crippen molar-refractivity contribution in [1.82, 2.24) is 0 Å². The minimum atomic E-state index is -0.194. The van der Waals surface area contributed by atoms with Crippen molar-refractivity contribution in [2.45, 2.75) is 18.4 Å². The third-order valence-electron chi connectivity index (χ3n) is 2.80. The molecule has 0 unspecified atom stereocenters. The number of benzene rings is 1. The average molecular weight is 272 g/mol. The van der Waals surface area contributed by atoms with Gasteiger partial charge in [0.2, 0.25) is 0 Å². The highest BCUT2D eigenvalue weighted by molar-refractivity contribution is 9.10. The van der Waals surface area contributed by atoms with Crippen LogP contribution in [0.1, 0.15) is 18.4 Å². The quantitative estimate of drug-likeness (QED) is 0.919. The maximum atomic E-state index is 6.16. The Morgan fingerprint density at radius 2 is 1.80 bits per heavy atom. The summed E-state index contributed by atoms with van der Waals surface area (Å²) in [6, 6.07) is 3.86. The SMILES string of the molecule is COc1cc(OC)c(C2(N)CC2)cc1Br. The molecule has 0 saturated heterocycles. The number of nitrogens with two attached hydrogens (primary N) is 1. The fourth-order valence-electron chi connectivity index (χ4n) is 1.65. The van der Waals surface area contributed by atoms with E-state index in [1.165, 1.54) is 0 Å². The van der Waals surface area contributed by atoms with Crippen molar-refractivity contribution in [2.75, 3.05) is 14.2 Å². The van der Waals surface area contributed by atoms with Crippen LogP contribution in [0.2, 0.25) is 0 Å². The summed E-state index contributed by atoms with van der Waals surface area (Å²) >= 11 is 3.45. The van der Waals surface area contributed by atoms with E-state index < -0.39 is 0 Å². The molecule has 82 valence electrons. The number of hydrogen-bond donors (Lipinski definition) is 1. The van der Waals surface area contributed by atoms with Gasteiger partial charge >= 0.3 is 0 Å². The van der Waals surface area contributed by atoms with Crippen molar-refractivity contribution >= 4 is 15.9 Å². The molecule has 0 amide bonds. The first-order valence-electron chi connectivity index (χ1n) is 4.81. The lowest BCUT2D eigenvalue weighted by Crippen LogP contribution is -2.19. The van der Waals surface area contributed by atoms with Gasteiger partial charge in [-0.3, -0.25) is 0 Å². The van der Waals surface area contributed by atoms with Crippen LogP contribution < -0.4 is 15.2 Å². The molecule has 0 spiro atoms. The van der Waals surface area contributed by atoms with E-state index in [2.05, 4.69) is 15.9 Å². The summed E-state index contributed by atoms with van der Waals surface area (Å²) in [5.41, 5.74) is 7.02. The minimum Gasteiger partial charge on any atom is -0.496 e. The van der Waals surface area contributed by atoms with Crippen molar-refractivity contribution in [3.63, 3.8) is 0 Å². The highest BCUT2D eigenvalue weighted by Gasteiger charge is 2.42. The van der Waals surface area contributed by atoms with Gasteiger partial charge in [-0.15, -0.1) is 0 Å². The molecule has 1 aliphatic rings. The number of rotatable bonds is 3. The van der Waals surface area contributed by atoms with E-state index in [4.69, 9.17) is 15.2 Å². The molecule has 2 rings (SSSR count). The van der Waals surface area contributed by atoms with Crippen molar-refractivity contribution < 1.29 is 9.47 Å². The number of halogens is 1. The molecule has 0 atom stereocenters. The van der Waals surface area contributed by atoms with Crippen molar-refractivity contribution in [1.29, 1.82) is 0 Å². The summed E-state index contributed by atoms with van der Waals surface area (Å²) < 4.78 is 11.5. The summed E-state index contributed by atoms with van der Waals surface area (Å²) in [4.78, 5) is 0. The van der Waals surface area contributed by atoms with Crippen LogP contribution in [0.3, 0.4) is 0 Å². The first-order valence-corrected chi connectivity index (χ1v) is 5.61. The molecular weight excluding hydrogens is 258 g/mol. The second-order valence-corrected chi connectivity index (χ2v) is 4.70. The standard InChI is InChI=1S/C11H14BrNO2/c1-14-9-6-10(15-2)8(12)5-7(9)11(13)3-4-11/h5-6H,3-4,13H2,1-2H3. The van der Waals surface area contributed by atoms with Crippen LogP contribution >= 0.6 is 15.9 Å². The van der Waals surface area contributed by atoms with E-state index >= 15 is 0 Å². The summed E-state index contributed by atoms with van der Waals surface area (Å²) in [6.45, 7) is 0. The van der Waals surface area contributed by atoms with E-state index in [-0.39, 0.29) is 5.54 Å². The van der Waals surface area contributed by atoms with Crippen LogP contribution in [0, 0.1) is 0 Å². The van der Waals surface area contributed by atoms with Crippen molar-refractivity contribution in [3.8, 4) is 11.5 Å². The monoisotopic (exact) mass is 271 g/mol. The Morgan fingerprint density at radius 3 is 2.27 bits per heavy atom. The van der Waals surface area contributed by atoms with Crippen molar-refractivity contribution in [2.24, 2.45) is 5.73 Å². The Morgan fingerprint density at radius 1 is 1.20 bits per heavy atom. The van der Waals surface area contributed by atoms with E-state index in [1.54, 1.807) is 14.2 Å². The maximum Gasteiger partial charge on any atom is 0.136 e. The minimum absolute atomic E-state index is 0.194. The first kappa shape index (κ1) is 10.8. The molecule has 4 heteroatoms. The highest BCUT2D eigenvalue weighted by Crippen LogP contribution is 2.48. The fraction of sp³-hybridized carbons (Fsp3) is 0.455. The Labute approximate surface area is 97.7 Å². The Bertz CT molecular complexity index is 388.